The van der Waals surface area contributed by atoms with Gasteiger partial charge in [0.25, 0.3) is 0 Å². The summed E-state index contributed by atoms with van der Waals surface area (Å²) in [7, 11) is 0. The lowest BCUT2D eigenvalue weighted by molar-refractivity contribution is -0.145. The predicted octanol–water partition coefficient (Wildman–Crippen LogP) is 1.48. The number of carbonyl (C=O) groups excluding carboxylic acids is 1. The third kappa shape index (κ3) is 2.97. The summed E-state index contributed by atoms with van der Waals surface area (Å²) in [5.41, 5.74) is 0. The normalized spacial score (nSPS) is 9.94. The minimum atomic E-state index is -1.51. The summed E-state index contributed by atoms with van der Waals surface area (Å²) >= 11 is 0. The zero-order chi connectivity index (χ0) is 12.3. The molecule has 86 valence electrons. The number of rotatable bonds is 3. The fraction of sp³-hybridized carbons (Fsp3) is 0.111. The zero-order valence-electron chi connectivity index (χ0n) is 7.67. The van der Waals surface area contributed by atoms with Crippen molar-refractivity contribution >= 4 is 11.9 Å². The summed E-state index contributed by atoms with van der Waals surface area (Å²) in [5, 5.41) is 8.20. The molecule has 0 aromatic heterocycles. The second-order valence-electron chi connectivity index (χ2n) is 2.74. The van der Waals surface area contributed by atoms with Crippen molar-refractivity contribution in [2.45, 2.75) is 6.42 Å². The Labute approximate surface area is 87.3 Å². The van der Waals surface area contributed by atoms with Gasteiger partial charge >= 0.3 is 11.9 Å². The van der Waals surface area contributed by atoms with Gasteiger partial charge < -0.3 is 9.84 Å². The minimum Gasteiger partial charge on any atom is -0.481 e. The van der Waals surface area contributed by atoms with Gasteiger partial charge in [-0.05, 0) is 0 Å². The Hall–Kier alpha value is -2.05. The molecule has 0 aliphatic carbocycles. The Kier molecular flexibility index (Phi) is 3.49. The Balaban J connectivity index is 2.89. The van der Waals surface area contributed by atoms with Gasteiger partial charge in [-0.1, -0.05) is 0 Å². The van der Waals surface area contributed by atoms with Crippen molar-refractivity contribution < 1.29 is 32.6 Å². The average Bonchev–Trinajstić information content (AvgIpc) is 2.09. The molecule has 0 fully saturated rings. The van der Waals surface area contributed by atoms with Gasteiger partial charge in [-0.2, -0.15) is 0 Å². The van der Waals surface area contributed by atoms with Crippen LogP contribution >= 0.6 is 0 Å². The third-order valence-corrected chi connectivity index (χ3v) is 1.47. The lowest BCUT2D eigenvalue weighted by atomic mass is 10.3. The summed E-state index contributed by atoms with van der Waals surface area (Å²) in [5.74, 6) is -7.99. The molecular weight excluding hydrogens is 229 g/mol. The monoisotopic (exact) mass is 234 g/mol. The molecule has 1 aromatic rings. The van der Waals surface area contributed by atoms with Crippen molar-refractivity contribution in [1.82, 2.24) is 0 Å². The smallest absolute Gasteiger partial charge is 0.322 e. The second-order valence-corrected chi connectivity index (χ2v) is 2.74. The SMILES string of the molecule is O=C(O)CC(=O)Oc1c(F)cc(F)cc1F. The van der Waals surface area contributed by atoms with Crippen LogP contribution in [0.25, 0.3) is 0 Å². The van der Waals surface area contributed by atoms with E-state index in [1.54, 1.807) is 0 Å². The van der Waals surface area contributed by atoms with Crippen molar-refractivity contribution in [2.24, 2.45) is 0 Å². The molecule has 0 atom stereocenters. The standard InChI is InChI=1S/C9H5F3O4/c10-4-1-5(11)9(6(12)2-4)16-8(15)3-7(13)14/h1-2H,3H2,(H,13,14). The van der Waals surface area contributed by atoms with Gasteiger partial charge in [-0.15, -0.1) is 0 Å². The van der Waals surface area contributed by atoms with E-state index in [1.165, 1.54) is 0 Å². The van der Waals surface area contributed by atoms with E-state index < -0.39 is 41.6 Å². The van der Waals surface area contributed by atoms with Gasteiger partial charge in [0.2, 0.25) is 5.75 Å². The minimum absolute atomic E-state index is 0.312. The van der Waals surface area contributed by atoms with Crippen LogP contribution in [0, 0.1) is 17.5 Å². The van der Waals surface area contributed by atoms with Crippen molar-refractivity contribution in [2.75, 3.05) is 0 Å². The number of carboxylic acids is 1. The number of aliphatic carboxylic acids is 1. The highest BCUT2D eigenvalue weighted by Crippen LogP contribution is 2.22. The maximum atomic E-state index is 12.9. The number of carbonyl (C=O) groups is 2. The molecule has 4 nitrogen and oxygen atoms in total. The molecular formula is C9H5F3O4. The number of hydrogen-bond donors (Lipinski definition) is 1. The van der Waals surface area contributed by atoms with E-state index in [2.05, 4.69) is 4.74 Å². The first-order valence-electron chi connectivity index (χ1n) is 3.97. The van der Waals surface area contributed by atoms with Gasteiger partial charge in [0.1, 0.15) is 12.2 Å². The van der Waals surface area contributed by atoms with Gasteiger partial charge in [-0.3, -0.25) is 9.59 Å². The van der Waals surface area contributed by atoms with Crippen LogP contribution in [0.3, 0.4) is 0 Å². The van der Waals surface area contributed by atoms with Gasteiger partial charge in [-0.25, -0.2) is 13.2 Å². The van der Waals surface area contributed by atoms with Gasteiger partial charge in [0.05, 0.1) is 0 Å². The highest BCUT2D eigenvalue weighted by molar-refractivity contribution is 5.91. The predicted molar refractivity (Wildman–Crippen MR) is 44.2 cm³/mol. The molecule has 0 saturated heterocycles. The number of ether oxygens (including phenoxy) is 1. The molecule has 0 aliphatic rings. The molecule has 0 spiro atoms. The summed E-state index contributed by atoms with van der Waals surface area (Å²) in [4.78, 5) is 20.9. The van der Waals surface area contributed by atoms with Gasteiger partial charge in [0, 0.05) is 12.1 Å². The Morgan fingerprint density at radius 2 is 1.69 bits per heavy atom. The first-order valence-corrected chi connectivity index (χ1v) is 3.97. The van der Waals surface area contributed by atoms with Crippen LogP contribution in [0.2, 0.25) is 0 Å². The molecule has 0 heterocycles. The lowest BCUT2D eigenvalue weighted by Gasteiger charge is -2.05. The maximum absolute atomic E-state index is 12.9. The summed E-state index contributed by atoms with van der Waals surface area (Å²) < 4.78 is 42.4. The maximum Gasteiger partial charge on any atom is 0.322 e. The van der Waals surface area contributed by atoms with E-state index in [0.29, 0.717) is 12.1 Å². The molecule has 0 radical (unpaired) electrons. The van der Waals surface area contributed by atoms with Crippen molar-refractivity contribution in [1.29, 1.82) is 0 Å². The van der Waals surface area contributed by atoms with Gasteiger partial charge in [0.15, 0.2) is 11.6 Å². The summed E-state index contributed by atoms with van der Waals surface area (Å²) in [6.45, 7) is 0. The second kappa shape index (κ2) is 4.65. The molecule has 7 heteroatoms. The van der Waals surface area contributed by atoms with Crippen molar-refractivity contribution in [3.63, 3.8) is 0 Å². The number of hydrogen-bond acceptors (Lipinski definition) is 3. The Morgan fingerprint density at radius 3 is 2.12 bits per heavy atom. The van der Waals surface area contributed by atoms with Crippen LogP contribution in [-0.4, -0.2) is 17.0 Å². The van der Waals surface area contributed by atoms with Crippen molar-refractivity contribution in [3.8, 4) is 5.75 Å². The molecule has 1 aromatic carbocycles. The fourth-order valence-electron chi connectivity index (χ4n) is 0.900. The highest BCUT2D eigenvalue weighted by Gasteiger charge is 2.18. The topological polar surface area (TPSA) is 63.6 Å². The van der Waals surface area contributed by atoms with Crippen LogP contribution in [0.15, 0.2) is 12.1 Å². The van der Waals surface area contributed by atoms with Crippen LogP contribution in [0.5, 0.6) is 5.75 Å². The third-order valence-electron chi connectivity index (χ3n) is 1.47. The number of carboxylic acid groups (broad SMARTS) is 1. The molecule has 0 unspecified atom stereocenters. The van der Waals surface area contributed by atoms with Crippen LogP contribution < -0.4 is 4.74 Å². The average molecular weight is 234 g/mol. The Morgan fingerprint density at radius 1 is 1.19 bits per heavy atom. The zero-order valence-corrected chi connectivity index (χ0v) is 7.67. The molecule has 0 amide bonds. The molecule has 1 rings (SSSR count). The largest absolute Gasteiger partial charge is 0.481 e. The van der Waals surface area contributed by atoms with Crippen LogP contribution in [0.1, 0.15) is 6.42 Å². The quantitative estimate of drug-likeness (QED) is 0.488. The number of benzene rings is 1. The van der Waals surface area contributed by atoms with E-state index in [0.717, 1.165) is 0 Å². The van der Waals surface area contributed by atoms with Crippen LogP contribution in [-0.2, 0) is 9.59 Å². The lowest BCUT2D eigenvalue weighted by Crippen LogP contribution is -2.14. The molecule has 0 saturated carbocycles. The van der Waals surface area contributed by atoms with E-state index in [1.807, 2.05) is 0 Å². The highest BCUT2D eigenvalue weighted by atomic mass is 19.1. The first-order chi connectivity index (χ1) is 7.40. The van der Waals surface area contributed by atoms with E-state index in [4.69, 9.17) is 5.11 Å². The van der Waals surface area contributed by atoms with E-state index in [-0.39, 0.29) is 0 Å². The molecule has 0 aliphatic heterocycles. The summed E-state index contributed by atoms with van der Waals surface area (Å²) in [6, 6.07) is 0.624. The molecule has 16 heavy (non-hydrogen) atoms. The first kappa shape index (κ1) is 12.0. The van der Waals surface area contributed by atoms with E-state index in [9.17, 15) is 22.8 Å². The van der Waals surface area contributed by atoms with E-state index >= 15 is 0 Å². The Bertz CT molecular complexity index is 421. The van der Waals surface area contributed by atoms with Crippen molar-refractivity contribution in [3.05, 3.63) is 29.6 Å². The fourth-order valence-corrected chi connectivity index (χ4v) is 0.900. The number of esters is 1. The van der Waals surface area contributed by atoms with Crippen LogP contribution in [0.4, 0.5) is 13.2 Å². The molecule has 0 bridgehead atoms. The summed E-state index contributed by atoms with van der Waals surface area (Å²) in [6.07, 6.45) is -1.05. The number of halogens is 3. The molecule has 1 N–H and O–H groups in total.